The fourth-order valence-electron chi connectivity index (χ4n) is 4.25. The number of amides is 1. The van der Waals surface area contributed by atoms with Gasteiger partial charge in [0.2, 0.25) is 10.0 Å². The molecule has 10 heteroatoms. The number of nitrogens with one attached hydrogen (secondary N) is 1. The summed E-state index contributed by atoms with van der Waals surface area (Å²) < 4.78 is 34.9. The van der Waals surface area contributed by atoms with E-state index in [9.17, 15) is 18.5 Å². The van der Waals surface area contributed by atoms with Crippen molar-refractivity contribution in [2.24, 2.45) is 0 Å². The molecule has 0 saturated heterocycles. The number of rotatable bonds is 11. The van der Waals surface area contributed by atoms with Crippen LogP contribution >= 0.6 is 0 Å². The summed E-state index contributed by atoms with van der Waals surface area (Å²) in [5, 5.41) is 17.4. The van der Waals surface area contributed by atoms with Crippen LogP contribution in [0.25, 0.3) is 23.0 Å². The summed E-state index contributed by atoms with van der Waals surface area (Å²) in [6.45, 7) is 6.67. The van der Waals surface area contributed by atoms with Crippen LogP contribution in [0.4, 0.5) is 5.69 Å². The molecular formula is C31H31N5O4S. The fourth-order valence-corrected chi connectivity index (χ4v) is 5.75. The van der Waals surface area contributed by atoms with Gasteiger partial charge in [-0.1, -0.05) is 44.2 Å². The maximum Gasteiger partial charge on any atom is 0.266 e. The maximum atomic E-state index is 13.2. The molecule has 0 saturated carbocycles. The molecule has 0 atom stereocenters. The minimum Gasteiger partial charge on any atom is -0.494 e. The minimum atomic E-state index is -3.71. The third kappa shape index (κ3) is 6.72. The van der Waals surface area contributed by atoms with Crippen LogP contribution in [-0.4, -0.2) is 48.1 Å². The SMILES string of the molecule is CCOc1ccc(NC(=O)C(C#N)=Cc2cn(-c3ccccc3)nc2-c2cccc(S(=O)(=O)N(CC)CC)c2)cc1. The molecule has 41 heavy (non-hydrogen) atoms. The van der Waals surface area contributed by atoms with Gasteiger partial charge in [-0.2, -0.15) is 14.7 Å². The number of benzene rings is 3. The van der Waals surface area contributed by atoms with E-state index in [-0.39, 0.29) is 10.5 Å². The fraction of sp³-hybridized carbons (Fsp3) is 0.194. The molecule has 0 aliphatic heterocycles. The highest BCUT2D eigenvalue weighted by Gasteiger charge is 2.23. The van der Waals surface area contributed by atoms with Crippen molar-refractivity contribution in [3.8, 4) is 28.8 Å². The van der Waals surface area contributed by atoms with Crippen molar-refractivity contribution in [3.63, 3.8) is 0 Å². The molecule has 9 nitrogen and oxygen atoms in total. The minimum absolute atomic E-state index is 0.136. The molecule has 4 rings (SSSR count). The van der Waals surface area contributed by atoms with Crippen molar-refractivity contribution in [1.29, 1.82) is 5.26 Å². The van der Waals surface area contributed by atoms with E-state index in [1.54, 1.807) is 73.3 Å². The Kier molecular flexibility index (Phi) is 9.34. The van der Waals surface area contributed by atoms with Crippen molar-refractivity contribution >= 4 is 27.7 Å². The van der Waals surface area contributed by atoms with Gasteiger partial charge in [-0.25, -0.2) is 13.1 Å². The van der Waals surface area contributed by atoms with E-state index in [1.807, 2.05) is 43.3 Å². The van der Waals surface area contributed by atoms with Gasteiger partial charge in [0.05, 0.1) is 17.2 Å². The van der Waals surface area contributed by atoms with Crippen LogP contribution < -0.4 is 10.1 Å². The van der Waals surface area contributed by atoms with Gasteiger partial charge in [-0.15, -0.1) is 0 Å². The smallest absolute Gasteiger partial charge is 0.266 e. The van der Waals surface area contributed by atoms with E-state index >= 15 is 0 Å². The van der Waals surface area contributed by atoms with Crippen LogP contribution in [0, 0.1) is 11.3 Å². The van der Waals surface area contributed by atoms with Crippen LogP contribution in [0.1, 0.15) is 26.3 Å². The highest BCUT2D eigenvalue weighted by atomic mass is 32.2. The van der Waals surface area contributed by atoms with E-state index in [0.29, 0.717) is 48.0 Å². The molecule has 3 aromatic carbocycles. The summed E-state index contributed by atoms with van der Waals surface area (Å²) in [6.07, 6.45) is 3.16. The monoisotopic (exact) mass is 569 g/mol. The number of hydrogen-bond acceptors (Lipinski definition) is 6. The first-order valence-corrected chi connectivity index (χ1v) is 14.7. The zero-order valence-electron chi connectivity index (χ0n) is 23.1. The first-order valence-electron chi connectivity index (χ1n) is 13.2. The summed E-state index contributed by atoms with van der Waals surface area (Å²) in [5.41, 5.74) is 2.56. The first-order chi connectivity index (χ1) is 19.8. The van der Waals surface area contributed by atoms with Crippen molar-refractivity contribution in [2.45, 2.75) is 25.7 Å². The molecule has 4 aromatic rings. The second-order valence-corrected chi connectivity index (χ2v) is 10.8. The van der Waals surface area contributed by atoms with Crippen LogP contribution in [0.3, 0.4) is 0 Å². The van der Waals surface area contributed by atoms with Crippen molar-refractivity contribution in [1.82, 2.24) is 14.1 Å². The summed E-state index contributed by atoms with van der Waals surface area (Å²) in [7, 11) is -3.71. The summed E-state index contributed by atoms with van der Waals surface area (Å²) in [4.78, 5) is 13.2. The molecule has 0 aliphatic carbocycles. The number of carbonyl (C=O) groups is 1. The van der Waals surface area contributed by atoms with Crippen molar-refractivity contribution < 1.29 is 17.9 Å². The predicted octanol–water partition coefficient (Wildman–Crippen LogP) is 5.51. The number of sulfonamides is 1. The zero-order valence-corrected chi connectivity index (χ0v) is 23.9. The van der Waals surface area contributed by atoms with Crippen molar-refractivity contribution in [3.05, 3.63) is 96.2 Å². The molecular weight excluding hydrogens is 538 g/mol. The molecule has 1 aromatic heterocycles. The van der Waals surface area contributed by atoms with Crippen LogP contribution in [0.2, 0.25) is 0 Å². The summed E-state index contributed by atoms with van der Waals surface area (Å²) >= 11 is 0. The Labute approximate surface area is 240 Å². The van der Waals surface area contributed by atoms with E-state index in [1.165, 1.54) is 10.4 Å². The largest absolute Gasteiger partial charge is 0.494 e. The Balaban J connectivity index is 1.76. The Hall–Kier alpha value is -4.72. The van der Waals surface area contributed by atoms with Gasteiger partial charge in [0.15, 0.2) is 0 Å². The van der Waals surface area contributed by atoms with E-state index in [4.69, 9.17) is 9.84 Å². The summed E-state index contributed by atoms with van der Waals surface area (Å²) in [5.74, 6) is 0.0812. The number of para-hydroxylation sites is 1. The maximum absolute atomic E-state index is 13.2. The molecule has 1 heterocycles. The lowest BCUT2D eigenvalue weighted by Crippen LogP contribution is -2.30. The molecule has 0 fully saturated rings. The van der Waals surface area contributed by atoms with Crippen molar-refractivity contribution in [2.75, 3.05) is 25.0 Å². The third-order valence-corrected chi connectivity index (χ3v) is 8.35. The van der Waals surface area contributed by atoms with Gasteiger partial charge in [0.1, 0.15) is 23.1 Å². The number of aromatic nitrogens is 2. The number of carbonyl (C=O) groups excluding carboxylic acids is 1. The number of anilines is 1. The molecule has 0 bridgehead atoms. The van der Waals surface area contributed by atoms with Gasteiger partial charge >= 0.3 is 0 Å². The van der Waals surface area contributed by atoms with E-state index in [0.717, 1.165) is 5.69 Å². The molecule has 210 valence electrons. The molecule has 0 radical (unpaired) electrons. The first kappa shape index (κ1) is 29.3. The highest BCUT2D eigenvalue weighted by molar-refractivity contribution is 7.89. The van der Waals surface area contributed by atoms with Gasteiger partial charge in [0.25, 0.3) is 5.91 Å². The molecule has 1 amide bonds. The molecule has 0 spiro atoms. The lowest BCUT2D eigenvalue weighted by Gasteiger charge is -2.18. The van der Waals surface area contributed by atoms with E-state index < -0.39 is 15.9 Å². The Morgan fingerprint density at radius 1 is 1.02 bits per heavy atom. The second kappa shape index (κ2) is 13.1. The average molecular weight is 570 g/mol. The lowest BCUT2D eigenvalue weighted by atomic mass is 10.1. The lowest BCUT2D eigenvalue weighted by molar-refractivity contribution is -0.112. The van der Waals surface area contributed by atoms with Gasteiger partial charge in [-0.05, 0) is 61.5 Å². The van der Waals surface area contributed by atoms with Crippen LogP contribution in [-0.2, 0) is 14.8 Å². The number of nitrogens with zero attached hydrogens (tertiary/aromatic N) is 4. The highest BCUT2D eigenvalue weighted by Crippen LogP contribution is 2.29. The van der Waals surface area contributed by atoms with Crippen LogP contribution in [0.15, 0.2) is 95.5 Å². The molecule has 1 N–H and O–H groups in total. The normalized spacial score (nSPS) is 11.7. The third-order valence-electron chi connectivity index (χ3n) is 6.30. The molecule has 0 unspecified atom stereocenters. The topological polar surface area (TPSA) is 117 Å². The van der Waals surface area contributed by atoms with E-state index in [2.05, 4.69) is 5.32 Å². The standard InChI is InChI=1S/C31H31N5O4S/c1-4-35(5-2)41(38,39)29-14-10-11-23(20-29)30-25(22-36(34-30)27-12-8-7-9-13-27)19-24(21-32)31(37)33-26-15-17-28(18-16-26)40-6-3/h7-20,22H,4-6H2,1-3H3,(H,33,37). The van der Waals surface area contributed by atoms with Gasteiger partial charge < -0.3 is 10.1 Å². The Morgan fingerprint density at radius 3 is 2.37 bits per heavy atom. The zero-order chi connectivity index (χ0) is 29.4. The van der Waals surface area contributed by atoms with Gasteiger partial charge in [0, 0.05) is 36.1 Å². The molecule has 0 aliphatic rings. The second-order valence-electron chi connectivity index (χ2n) is 8.91. The number of ether oxygens (including phenoxy) is 1. The predicted molar refractivity (Wildman–Crippen MR) is 159 cm³/mol. The summed E-state index contributed by atoms with van der Waals surface area (Å²) in [6, 6.07) is 24.7. The Morgan fingerprint density at radius 2 is 1.73 bits per heavy atom. The number of nitriles is 1. The quantitative estimate of drug-likeness (QED) is 0.188. The van der Waals surface area contributed by atoms with Gasteiger partial charge in [-0.3, -0.25) is 4.79 Å². The Bertz CT molecular complexity index is 1680. The van der Waals surface area contributed by atoms with Crippen LogP contribution in [0.5, 0.6) is 5.75 Å². The number of hydrogen-bond donors (Lipinski definition) is 1. The average Bonchev–Trinajstić information content (AvgIpc) is 3.42.